The molecule has 76 valence electrons. The van der Waals surface area contributed by atoms with Crippen molar-refractivity contribution in [3.8, 4) is 0 Å². The van der Waals surface area contributed by atoms with Crippen LogP contribution < -0.4 is 5.73 Å². The van der Waals surface area contributed by atoms with Crippen molar-refractivity contribution in [2.75, 3.05) is 0 Å². The summed E-state index contributed by atoms with van der Waals surface area (Å²) < 4.78 is 1.88. The molecule has 2 fully saturated rings. The fourth-order valence-corrected chi connectivity index (χ4v) is 3.14. The zero-order chi connectivity index (χ0) is 9.92. The fourth-order valence-electron chi connectivity index (χ4n) is 3.14. The summed E-state index contributed by atoms with van der Waals surface area (Å²) in [6.07, 6.45) is 5.85. The minimum absolute atomic E-state index is 0.0636. The summed E-state index contributed by atoms with van der Waals surface area (Å²) in [4.78, 5) is 0. The predicted octanol–water partition coefficient (Wildman–Crippen LogP) is 1.31. The third-order valence-corrected chi connectivity index (χ3v) is 3.87. The Bertz CT molecular complexity index is 370. The molecule has 0 bridgehead atoms. The van der Waals surface area contributed by atoms with Gasteiger partial charge in [0.05, 0.1) is 5.69 Å². The molecule has 1 heterocycles. The van der Waals surface area contributed by atoms with Gasteiger partial charge in [-0.3, -0.25) is 4.68 Å². The van der Waals surface area contributed by atoms with Crippen molar-refractivity contribution >= 4 is 0 Å². The van der Waals surface area contributed by atoms with Gasteiger partial charge in [-0.15, -0.1) is 0 Å². The monoisotopic (exact) mass is 191 g/mol. The highest BCUT2D eigenvalue weighted by Gasteiger charge is 2.53. The van der Waals surface area contributed by atoms with Crippen LogP contribution in [0.4, 0.5) is 0 Å². The molecule has 3 rings (SSSR count). The molecule has 3 heteroatoms. The van der Waals surface area contributed by atoms with E-state index in [1.54, 1.807) is 0 Å². The highest BCUT2D eigenvalue weighted by atomic mass is 15.3. The van der Waals surface area contributed by atoms with Crippen molar-refractivity contribution in [3.05, 3.63) is 17.5 Å². The lowest BCUT2D eigenvalue weighted by Gasteiger charge is -2.25. The van der Waals surface area contributed by atoms with Crippen LogP contribution in [-0.2, 0) is 12.6 Å². The van der Waals surface area contributed by atoms with E-state index < -0.39 is 0 Å². The third-order valence-electron chi connectivity index (χ3n) is 3.87. The first-order valence-electron chi connectivity index (χ1n) is 5.38. The number of hydrogen-bond donors (Lipinski definition) is 1. The molecule has 2 aliphatic carbocycles. The number of fused-ring (bicyclic) bond motifs is 1. The summed E-state index contributed by atoms with van der Waals surface area (Å²) >= 11 is 0. The van der Waals surface area contributed by atoms with Crippen LogP contribution in [-0.4, -0.2) is 9.78 Å². The van der Waals surface area contributed by atoms with Gasteiger partial charge in [0.15, 0.2) is 0 Å². The molecule has 1 aromatic heterocycles. The van der Waals surface area contributed by atoms with E-state index in [4.69, 9.17) is 5.73 Å². The molecule has 0 saturated heterocycles. The SMILES string of the molecule is Cc1nn(C)cc1C1(N)CC2CC2C1. The Morgan fingerprint density at radius 3 is 2.64 bits per heavy atom. The molecule has 2 unspecified atom stereocenters. The number of hydrogen-bond acceptors (Lipinski definition) is 2. The van der Waals surface area contributed by atoms with E-state index in [0.717, 1.165) is 17.5 Å². The Morgan fingerprint density at radius 2 is 2.14 bits per heavy atom. The van der Waals surface area contributed by atoms with Gasteiger partial charge < -0.3 is 5.73 Å². The minimum Gasteiger partial charge on any atom is -0.321 e. The van der Waals surface area contributed by atoms with Crippen LogP contribution in [0.5, 0.6) is 0 Å². The van der Waals surface area contributed by atoms with Gasteiger partial charge in [-0.1, -0.05) is 0 Å². The molecule has 0 aromatic carbocycles. The molecule has 1 aromatic rings. The summed E-state index contributed by atoms with van der Waals surface area (Å²) in [5.41, 5.74) is 8.78. The van der Waals surface area contributed by atoms with Crippen molar-refractivity contribution < 1.29 is 0 Å². The highest BCUT2D eigenvalue weighted by Crippen LogP contribution is 2.58. The molecular weight excluding hydrogens is 174 g/mol. The van der Waals surface area contributed by atoms with Crippen molar-refractivity contribution in [1.29, 1.82) is 0 Å². The molecule has 2 N–H and O–H groups in total. The molecule has 0 amide bonds. The highest BCUT2D eigenvalue weighted by molar-refractivity contribution is 5.29. The summed E-state index contributed by atoms with van der Waals surface area (Å²) in [6, 6.07) is 0. The Labute approximate surface area is 84.3 Å². The zero-order valence-corrected chi connectivity index (χ0v) is 8.83. The normalized spacial score (nSPS) is 39.9. The van der Waals surface area contributed by atoms with Gasteiger partial charge in [0, 0.05) is 24.3 Å². The Hall–Kier alpha value is -0.830. The van der Waals surface area contributed by atoms with Crippen LogP contribution >= 0.6 is 0 Å². The van der Waals surface area contributed by atoms with Gasteiger partial charge in [-0.2, -0.15) is 5.10 Å². The Kier molecular flexibility index (Phi) is 1.45. The molecule has 0 spiro atoms. The number of nitrogens with zero attached hydrogens (tertiary/aromatic N) is 2. The fraction of sp³-hybridized carbons (Fsp3) is 0.727. The minimum atomic E-state index is -0.0636. The van der Waals surface area contributed by atoms with Crippen LogP contribution in [0.1, 0.15) is 30.5 Å². The third kappa shape index (κ3) is 1.05. The van der Waals surface area contributed by atoms with Crippen molar-refractivity contribution in [3.63, 3.8) is 0 Å². The topological polar surface area (TPSA) is 43.8 Å². The Morgan fingerprint density at radius 1 is 1.50 bits per heavy atom. The smallest absolute Gasteiger partial charge is 0.0644 e. The maximum atomic E-state index is 6.46. The first kappa shape index (κ1) is 8.48. The van der Waals surface area contributed by atoms with E-state index in [9.17, 15) is 0 Å². The predicted molar refractivity (Wildman–Crippen MR) is 54.6 cm³/mol. The number of rotatable bonds is 1. The van der Waals surface area contributed by atoms with Crippen molar-refractivity contribution in [1.82, 2.24) is 9.78 Å². The molecule has 0 aliphatic heterocycles. The van der Waals surface area contributed by atoms with E-state index in [0.29, 0.717) is 0 Å². The van der Waals surface area contributed by atoms with Gasteiger partial charge in [0.1, 0.15) is 0 Å². The van der Waals surface area contributed by atoms with Gasteiger partial charge in [0.2, 0.25) is 0 Å². The molecule has 2 atom stereocenters. The van der Waals surface area contributed by atoms with Crippen LogP contribution in [0, 0.1) is 18.8 Å². The standard InChI is InChI=1S/C11H17N3/c1-7-10(6-14(2)13-7)11(12)4-8-3-9(8)5-11/h6,8-9H,3-5,12H2,1-2H3. The second-order valence-electron chi connectivity index (χ2n) is 5.12. The second-order valence-corrected chi connectivity index (χ2v) is 5.12. The van der Waals surface area contributed by atoms with E-state index in [1.165, 1.54) is 24.8 Å². The molecular formula is C11H17N3. The average Bonchev–Trinajstić information content (AvgIpc) is 2.55. The number of nitrogens with two attached hydrogens (primary N) is 1. The number of aromatic nitrogens is 2. The summed E-state index contributed by atoms with van der Waals surface area (Å²) in [7, 11) is 1.97. The first-order chi connectivity index (χ1) is 6.58. The summed E-state index contributed by atoms with van der Waals surface area (Å²) in [5, 5.41) is 4.38. The maximum absolute atomic E-state index is 6.46. The van der Waals surface area contributed by atoms with Gasteiger partial charge >= 0.3 is 0 Å². The second kappa shape index (κ2) is 2.40. The van der Waals surface area contributed by atoms with E-state index in [-0.39, 0.29) is 5.54 Å². The summed E-state index contributed by atoms with van der Waals surface area (Å²) in [6.45, 7) is 2.06. The van der Waals surface area contributed by atoms with Gasteiger partial charge in [-0.25, -0.2) is 0 Å². The zero-order valence-electron chi connectivity index (χ0n) is 8.83. The molecule has 14 heavy (non-hydrogen) atoms. The largest absolute Gasteiger partial charge is 0.321 e. The van der Waals surface area contributed by atoms with E-state index in [2.05, 4.69) is 18.2 Å². The quantitative estimate of drug-likeness (QED) is 0.727. The van der Waals surface area contributed by atoms with Crippen LogP contribution in [0.15, 0.2) is 6.20 Å². The lowest BCUT2D eigenvalue weighted by molar-refractivity contribution is 0.409. The molecule has 2 saturated carbocycles. The maximum Gasteiger partial charge on any atom is 0.0644 e. The van der Waals surface area contributed by atoms with Crippen LogP contribution in [0.2, 0.25) is 0 Å². The molecule has 3 nitrogen and oxygen atoms in total. The van der Waals surface area contributed by atoms with Crippen LogP contribution in [0.25, 0.3) is 0 Å². The summed E-state index contributed by atoms with van der Waals surface area (Å²) in [5.74, 6) is 1.83. The van der Waals surface area contributed by atoms with Crippen molar-refractivity contribution in [2.45, 2.75) is 31.7 Å². The molecule has 0 radical (unpaired) electrons. The van der Waals surface area contributed by atoms with Gasteiger partial charge in [-0.05, 0) is 38.0 Å². The lowest BCUT2D eigenvalue weighted by Crippen LogP contribution is -2.35. The molecule has 2 aliphatic rings. The van der Waals surface area contributed by atoms with Gasteiger partial charge in [0.25, 0.3) is 0 Å². The average molecular weight is 191 g/mol. The van der Waals surface area contributed by atoms with E-state index in [1.807, 2.05) is 11.7 Å². The first-order valence-corrected chi connectivity index (χ1v) is 5.38. The van der Waals surface area contributed by atoms with E-state index >= 15 is 0 Å². The van der Waals surface area contributed by atoms with Crippen molar-refractivity contribution in [2.24, 2.45) is 24.6 Å². The lowest BCUT2D eigenvalue weighted by atomic mass is 9.87. The Balaban J connectivity index is 1.97. The van der Waals surface area contributed by atoms with Crippen LogP contribution in [0.3, 0.4) is 0 Å². The number of aryl methyl sites for hydroxylation is 2.